The molecular formula is C14H13Cl2FIN3O2. The molecule has 0 bridgehead atoms. The maximum absolute atomic E-state index is 14.5. The Morgan fingerprint density at radius 2 is 2.22 bits per heavy atom. The fourth-order valence-electron chi connectivity index (χ4n) is 2.81. The van der Waals surface area contributed by atoms with E-state index in [1.807, 2.05) is 6.07 Å². The van der Waals surface area contributed by atoms with E-state index in [0.29, 0.717) is 14.5 Å². The van der Waals surface area contributed by atoms with E-state index in [-0.39, 0.29) is 6.61 Å². The number of nitrogens with zero attached hydrogens (tertiary/aromatic N) is 1. The van der Waals surface area contributed by atoms with Crippen LogP contribution in [0.15, 0.2) is 18.2 Å². The second kappa shape index (κ2) is 5.70. The van der Waals surface area contributed by atoms with Crippen molar-refractivity contribution in [2.45, 2.75) is 25.8 Å². The van der Waals surface area contributed by atoms with Crippen LogP contribution >= 0.6 is 43.0 Å². The van der Waals surface area contributed by atoms with Crippen molar-refractivity contribution < 1.29 is 13.9 Å². The summed E-state index contributed by atoms with van der Waals surface area (Å²) in [6.07, 6.45) is -0.611. The number of carbonyl (C=O) groups excluding carboxylic acids is 1. The molecule has 1 unspecified atom stereocenters. The Kier molecular flexibility index (Phi) is 4.26. The van der Waals surface area contributed by atoms with Gasteiger partial charge < -0.3 is 0 Å². The first-order chi connectivity index (χ1) is 10.7. The van der Waals surface area contributed by atoms with E-state index in [1.54, 1.807) is 18.2 Å². The summed E-state index contributed by atoms with van der Waals surface area (Å²) >= 11 is 9.41. The number of hydrogen-bond donors (Lipinski definition) is 2. The molecular weight excluding hydrogens is 459 g/mol. The summed E-state index contributed by atoms with van der Waals surface area (Å²) in [7, 11) is 0. The van der Waals surface area contributed by atoms with Gasteiger partial charge >= 0.3 is 150 Å². The van der Waals surface area contributed by atoms with E-state index in [1.165, 1.54) is 0 Å². The molecule has 0 radical (unpaired) electrons. The Hall–Kier alpha value is -0.660. The molecule has 4 N–H and O–H groups in total. The summed E-state index contributed by atoms with van der Waals surface area (Å²) in [6.45, 7) is 0.175. The first-order valence-corrected chi connectivity index (χ1v) is 11.2. The van der Waals surface area contributed by atoms with Crippen LogP contribution in [0.2, 0.25) is 10.0 Å². The average Bonchev–Trinajstić information content (AvgIpc) is 2.99. The number of amides is 1. The normalized spacial score (nSPS) is 36.4. The molecule has 0 aliphatic carbocycles. The molecule has 3 rings (SSSR count). The molecule has 1 amide bonds. The molecule has 0 spiro atoms. The summed E-state index contributed by atoms with van der Waals surface area (Å²) in [5.74, 6) is -0.999. The van der Waals surface area contributed by atoms with Crippen LogP contribution in [0, 0.1) is 11.3 Å². The Labute approximate surface area is 149 Å². The maximum atomic E-state index is 14.5. The second-order valence-corrected chi connectivity index (χ2v) is 12.3. The van der Waals surface area contributed by atoms with E-state index in [9.17, 15) is 14.4 Å². The van der Waals surface area contributed by atoms with Crippen molar-refractivity contribution in [2.24, 2.45) is 11.5 Å². The van der Waals surface area contributed by atoms with Gasteiger partial charge in [-0.2, -0.15) is 0 Å². The topological polar surface area (TPSA) is 102 Å². The van der Waals surface area contributed by atoms with Crippen LogP contribution in [0.1, 0.15) is 5.56 Å². The summed E-state index contributed by atoms with van der Waals surface area (Å²) in [4.78, 5) is 11.3. The molecule has 1 aromatic rings. The van der Waals surface area contributed by atoms with E-state index >= 15 is 0 Å². The van der Waals surface area contributed by atoms with Gasteiger partial charge in [-0.05, 0) is 0 Å². The van der Waals surface area contributed by atoms with Gasteiger partial charge in [0.15, 0.2) is 0 Å². The quantitative estimate of drug-likeness (QED) is 0.518. The number of nitrogens with two attached hydrogens (primary N) is 2. The van der Waals surface area contributed by atoms with Crippen LogP contribution in [-0.4, -0.2) is 29.6 Å². The van der Waals surface area contributed by atoms with E-state index < -0.39 is 45.0 Å². The van der Waals surface area contributed by atoms with Crippen molar-refractivity contribution in [3.8, 4) is 6.07 Å². The number of nitriles is 1. The minimum absolute atomic E-state index is 0.175. The molecule has 9 heteroatoms. The molecule has 2 fully saturated rings. The number of fused-ring (bicyclic) bond motifs is 1. The number of primary amides is 1. The van der Waals surface area contributed by atoms with E-state index in [2.05, 4.69) is 0 Å². The summed E-state index contributed by atoms with van der Waals surface area (Å²) in [5.41, 5.74) is 10.5. The van der Waals surface area contributed by atoms with Crippen molar-refractivity contribution in [1.82, 2.24) is 0 Å². The Morgan fingerprint density at radius 1 is 1.52 bits per heavy atom. The number of rotatable bonds is 4. The predicted molar refractivity (Wildman–Crippen MR) is 93.3 cm³/mol. The molecule has 2 aliphatic rings. The fourth-order valence-corrected chi connectivity index (χ4v) is 12.0. The first-order valence-electron chi connectivity index (χ1n) is 6.64. The van der Waals surface area contributed by atoms with Gasteiger partial charge in [0.05, 0.1) is 0 Å². The second-order valence-electron chi connectivity index (χ2n) is 5.49. The zero-order valence-corrected chi connectivity index (χ0v) is 15.4. The molecule has 124 valence electrons. The molecule has 0 aromatic heterocycles. The Bertz CT molecular complexity index is 730. The van der Waals surface area contributed by atoms with Gasteiger partial charge in [-0.3, -0.25) is 0 Å². The van der Waals surface area contributed by atoms with Gasteiger partial charge in [0.25, 0.3) is 0 Å². The van der Waals surface area contributed by atoms with Crippen LogP contribution in [0.4, 0.5) is 4.39 Å². The summed E-state index contributed by atoms with van der Waals surface area (Å²) in [5, 5.41) is 10.2. The van der Waals surface area contributed by atoms with Crippen molar-refractivity contribution in [3.05, 3.63) is 33.8 Å². The molecule has 2 heterocycles. The molecule has 4 atom stereocenters. The van der Waals surface area contributed by atoms with Gasteiger partial charge in [-0.15, -0.1) is 0 Å². The van der Waals surface area contributed by atoms with Crippen LogP contribution < -0.4 is 11.5 Å². The van der Waals surface area contributed by atoms with Gasteiger partial charge in [-0.25, -0.2) is 0 Å². The number of alkyl halides is 4. The number of carbonyl (C=O) groups is 1. The zero-order valence-electron chi connectivity index (χ0n) is 11.7. The van der Waals surface area contributed by atoms with Gasteiger partial charge in [0.2, 0.25) is 0 Å². The van der Waals surface area contributed by atoms with E-state index in [0.717, 1.165) is 5.56 Å². The fraction of sp³-hybridized carbons (Fsp3) is 0.429. The number of hydrogen-bond acceptors (Lipinski definition) is 4. The van der Waals surface area contributed by atoms with Gasteiger partial charge in [0, 0.05) is 0 Å². The Balaban J connectivity index is 1.72. The molecule has 0 saturated carbocycles. The Morgan fingerprint density at radius 3 is 2.78 bits per heavy atom. The predicted octanol–water partition coefficient (Wildman–Crippen LogP) is 2.15. The van der Waals surface area contributed by atoms with Crippen molar-refractivity contribution in [3.63, 3.8) is 0 Å². The van der Waals surface area contributed by atoms with Crippen LogP contribution in [-0.2, 0) is 16.1 Å². The third kappa shape index (κ3) is 2.51. The van der Waals surface area contributed by atoms with Crippen molar-refractivity contribution >= 4 is 48.9 Å². The molecule has 1 aromatic carbocycles. The monoisotopic (exact) mass is 471 g/mol. The van der Waals surface area contributed by atoms with Crippen molar-refractivity contribution in [1.29, 1.82) is 5.26 Å². The van der Waals surface area contributed by atoms with Crippen LogP contribution in [0.5, 0.6) is 0 Å². The average molecular weight is 472 g/mol. The molecule has 2 saturated heterocycles. The summed E-state index contributed by atoms with van der Waals surface area (Å²) < 4.78 is 17.8. The third-order valence-electron chi connectivity index (χ3n) is 4.10. The zero-order chi connectivity index (χ0) is 17.0. The summed E-state index contributed by atoms with van der Waals surface area (Å²) in [6, 6.07) is 6.99. The number of halogens is 4. The first kappa shape index (κ1) is 17.2. The SMILES string of the molecule is N#C[C@]1(N)C(OCc2ccc(Cl)c(Cl)c2)CI2[C@H]1[C@@]2(F)C(N)=O. The van der Waals surface area contributed by atoms with Crippen LogP contribution in [0.25, 0.3) is 0 Å². The minimum atomic E-state index is -2.37. The molecule has 23 heavy (non-hydrogen) atoms. The number of benzene rings is 1. The third-order valence-corrected chi connectivity index (χ3v) is 12.5. The van der Waals surface area contributed by atoms with Crippen LogP contribution in [0.3, 0.4) is 0 Å². The van der Waals surface area contributed by atoms with Gasteiger partial charge in [-0.1, -0.05) is 0 Å². The van der Waals surface area contributed by atoms with E-state index in [4.69, 9.17) is 39.4 Å². The number of ether oxygens (including phenoxy) is 1. The van der Waals surface area contributed by atoms with Crippen molar-refractivity contribution in [2.75, 3.05) is 4.43 Å². The standard InChI is InChI=1S/C14H13Cl2FIN3O2/c15-8-2-1-7(3-9(8)16)5-23-10-4-18-11(13(10,21)6-19)14(18,17)12(20)22/h1-3,10-11H,4-5,21H2,(H2,20,22)/t10?,11-,13+,14+/m1/s1. The molecule has 5 nitrogen and oxygen atoms in total. The van der Waals surface area contributed by atoms with Gasteiger partial charge in [0.1, 0.15) is 0 Å². The molecule has 2 aliphatic heterocycles.